The van der Waals surface area contributed by atoms with Crippen molar-refractivity contribution in [1.29, 1.82) is 0 Å². The number of hydrogen-bond donors (Lipinski definition) is 2. The fourth-order valence-electron chi connectivity index (χ4n) is 2.36. The molecule has 4 nitrogen and oxygen atoms in total. The van der Waals surface area contributed by atoms with Gasteiger partial charge < -0.3 is 10.4 Å². The van der Waals surface area contributed by atoms with Gasteiger partial charge in [-0.2, -0.15) is 4.99 Å². The number of aliphatic imine (C=N–C) groups is 1. The molecule has 0 aliphatic rings. The number of isocyanates is 1. The molecule has 0 unspecified atom stereocenters. The van der Waals surface area contributed by atoms with Crippen LogP contribution < -0.4 is 5.32 Å². The molecule has 2 N–H and O–H groups in total. The summed E-state index contributed by atoms with van der Waals surface area (Å²) in [5.41, 5.74) is 6.02. The summed E-state index contributed by atoms with van der Waals surface area (Å²) in [5, 5.41) is 11.8. The van der Waals surface area contributed by atoms with Crippen LogP contribution in [0.25, 0.3) is 0 Å². The van der Waals surface area contributed by atoms with Crippen LogP contribution in [0, 0.1) is 13.8 Å². The highest BCUT2D eigenvalue weighted by molar-refractivity contribution is 5.55. The molecule has 2 aromatic rings. The lowest BCUT2D eigenvalue weighted by atomic mass is 10.0. The highest BCUT2D eigenvalue weighted by atomic mass is 16.3. The van der Waals surface area contributed by atoms with Gasteiger partial charge in [-0.05, 0) is 54.7 Å². The van der Waals surface area contributed by atoms with E-state index in [1.807, 2.05) is 44.2 Å². The first-order chi connectivity index (χ1) is 10.1. The number of nitrogens with one attached hydrogen (secondary N) is 1. The molecule has 2 rings (SSSR count). The second-order valence-electron chi connectivity index (χ2n) is 4.98. The number of rotatable bonds is 5. The first-order valence-electron chi connectivity index (χ1n) is 6.75. The van der Waals surface area contributed by atoms with Crippen molar-refractivity contribution in [3.8, 4) is 0 Å². The molecule has 0 heterocycles. The molecule has 0 saturated carbocycles. The van der Waals surface area contributed by atoms with Gasteiger partial charge >= 0.3 is 0 Å². The molecule has 0 aliphatic heterocycles. The Balaban J connectivity index is 2.20. The Morgan fingerprint density at radius 2 is 1.76 bits per heavy atom. The van der Waals surface area contributed by atoms with Crippen molar-refractivity contribution in [2.24, 2.45) is 4.99 Å². The molecule has 0 spiro atoms. The number of carbonyl (C=O) groups excluding carboxylic acids is 1. The van der Waals surface area contributed by atoms with Crippen LogP contribution in [0.1, 0.15) is 22.3 Å². The minimum atomic E-state index is -0.0713. The van der Waals surface area contributed by atoms with Gasteiger partial charge in [-0.1, -0.05) is 24.3 Å². The first kappa shape index (κ1) is 15.0. The Kier molecular flexibility index (Phi) is 4.88. The largest absolute Gasteiger partial charge is 0.377 e. The predicted octanol–water partition coefficient (Wildman–Crippen LogP) is 3.22. The van der Waals surface area contributed by atoms with E-state index in [1.54, 1.807) is 6.08 Å². The van der Waals surface area contributed by atoms with Crippen LogP contribution in [0.4, 0.5) is 11.4 Å². The molecule has 0 atom stereocenters. The summed E-state index contributed by atoms with van der Waals surface area (Å²) in [6.07, 6.45) is 2.38. The van der Waals surface area contributed by atoms with Crippen LogP contribution in [0.5, 0.6) is 0 Å². The van der Waals surface area contributed by atoms with Gasteiger partial charge in [-0.15, -0.1) is 0 Å². The molecule has 0 amide bonds. The van der Waals surface area contributed by atoms with E-state index in [9.17, 15) is 4.79 Å². The maximum Gasteiger partial charge on any atom is 0.240 e. The summed E-state index contributed by atoms with van der Waals surface area (Å²) in [5.74, 6) is 0. The lowest BCUT2D eigenvalue weighted by molar-refractivity contribution is 0.325. The Hall–Kier alpha value is -2.42. The minimum absolute atomic E-state index is 0.0713. The zero-order chi connectivity index (χ0) is 15.2. The standard InChI is InChI=1S/C17H18N2O2/c1-12-7-14(3-5-16(12)18-10-20)9-15-4-6-17(19-11-21)13(2)8-15/h3-8,18,20H,9-10H2,1-2H3. The molecular weight excluding hydrogens is 264 g/mol. The molecule has 0 fully saturated rings. The maximum absolute atomic E-state index is 10.3. The normalized spacial score (nSPS) is 10.0. The smallest absolute Gasteiger partial charge is 0.240 e. The number of aryl methyl sites for hydroxylation is 2. The van der Waals surface area contributed by atoms with Crippen LogP contribution in [-0.4, -0.2) is 17.9 Å². The second-order valence-corrected chi connectivity index (χ2v) is 4.98. The molecule has 0 bridgehead atoms. The van der Waals surface area contributed by atoms with Gasteiger partial charge in [0.1, 0.15) is 6.73 Å². The third kappa shape index (κ3) is 3.78. The maximum atomic E-state index is 10.3. The van der Waals surface area contributed by atoms with Crippen LogP contribution in [-0.2, 0) is 11.2 Å². The topological polar surface area (TPSA) is 61.7 Å². The minimum Gasteiger partial charge on any atom is -0.377 e. The van der Waals surface area contributed by atoms with E-state index in [2.05, 4.69) is 16.4 Å². The van der Waals surface area contributed by atoms with E-state index in [4.69, 9.17) is 5.11 Å². The fourth-order valence-corrected chi connectivity index (χ4v) is 2.36. The second kappa shape index (κ2) is 6.84. The lowest BCUT2D eigenvalue weighted by Gasteiger charge is -2.10. The van der Waals surface area contributed by atoms with E-state index in [0.717, 1.165) is 23.2 Å². The van der Waals surface area contributed by atoms with E-state index in [0.29, 0.717) is 5.69 Å². The number of anilines is 1. The highest BCUT2D eigenvalue weighted by Crippen LogP contribution is 2.22. The summed E-state index contributed by atoms with van der Waals surface area (Å²) in [6, 6.07) is 12.0. The van der Waals surface area contributed by atoms with E-state index >= 15 is 0 Å². The van der Waals surface area contributed by atoms with Gasteiger partial charge in [-0.25, -0.2) is 4.79 Å². The van der Waals surface area contributed by atoms with Crippen LogP contribution in [0.15, 0.2) is 41.4 Å². The zero-order valence-electron chi connectivity index (χ0n) is 12.2. The Labute approximate surface area is 124 Å². The van der Waals surface area contributed by atoms with Crippen molar-refractivity contribution in [1.82, 2.24) is 0 Å². The summed E-state index contributed by atoms with van der Waals surface area (Å²) in [6.45, 7) is 3.87. The lowest BCUT2D eigenvalue weighted by Crippen LogP contribution is -2.01. The summed E-state index contributed by atoms with van der Waals surface area (Å²) in [7, 11) is 0. The number of hydrogen-bond acceptors (Lipinski definition) is 4. The molecule has 0 radical (unpaired) electrons. The molecule has 0 aliphatic carbocycles. The van der Waals surface area contributed by atoms with Crippen molar-refractivity contribution in [3.63, 3.8) is 0 Å². The number of benzene rings is 2. The monoisotopic (exact) mass is 282 g/mol. The average molecular weight is 282 g/mol. The van der Waals surface area contributed by atoms with Crippen molar-refractivity contribution in [3.05, 3.63) is 58.7 Å². The van der Waals surface area contributed by atoms with Gasteiger partial charge in [0.15, 0.2) is 0 Å². The third-order valence-corrected chi connectivity index (χ3v) is 3.40. The predicted molar refractivity (Wildman–Crippen MR) is 83.7 cm³/mol. The Bertz CT molecular complexity index is 689. The van der Waals surface area contributed by atoms with Crippen LogP contribution >= 0.6 is 0 Å². The third-order valence-electron chi connectivity index (χ3n) is 3.40. The van der Waals surface area contributed by atoms with Gasteiger partial charge in [-0.3, -0.25) is 0 Å². The molecule has 108 valence electrons. The van der Waals surface area contributed by atoms with Gasteiger partial charge in [0.2, 0.25) is 6.08 Å². The Morgan fingerprint density at radius 3 is 2.33 bits per heavy atom. The van der Waals surface area contributed by atoms with Gasteiger partial charge in [0.25, 0.3) is 0 Å². The van der Waals surface area contributed by atoms with Crippen molar-refractivity contribution in [2.45, 2.75) is 20.3 Å². The summed E-state index contributed by atoms with van der Waals surface area (Å²) >= 11 is 0. The van der Waals surface area contributed by atoms with Crippen LogP contribution in [0.3, 0.4) is 0 Å². The number of aliphatic hydroxyl groups is 1. The fraction of sp³-hybridized carbons (Fsp3) is 0.235. The zero-order valence-corrected chi connectivity index (χ0v) is 12.2. The van der Waals surface area contributed by atoms with Crippen molar-refractivity contribution in [2.75, 3.05) is 12.0 Å². The molecule has 0 aromatic heterocycles. The molecule has 0 saturated heterocycles. The van der Waals surface area contributed by atoms with Gasteiger partial charge in [0.05, 0.1) is 5.69 Å². The molecule has 21 heavy (non-hydrogen) atoms. The number of nitrogens with zero attached hydrogens (tertiary/aromatic N) is 1. The van der Waals surface area contributed by atoms with Gasteiger partial charge in [0, 0.05) is 5.69 Å². The summed E-state index contributed by atoms with van der Waals surface area (Å²) < 4.78 is 0. The molecular formula is C17H18N2O2. The summed E-state index contributed by atoms with van der Waals surface area (Å²) in [4.78, 5) is 14.0. The average Bonchev–Trinajstić information content (AvgIpc) is 2.45. The Morgan fingerprint density at radius 1 is 1.10 bits per heavy atom. The molecule has 4 heteroatoms. The number of aliphatic hydroxyl groups excluding tert-OH is 1. The van der Waals surface area contributed by atoms with E-state index in [-0.39, 0.29) is 6.73 Å². The SMILES string of the molecule is Cc1cc(Cc2ccc(NCO)c(C)c2)ccc1N=C=O. The van der Waals surface area contributed by atoms with Crippen molar-refractivity contribution >= 4 is 17.5 Å². The van der Waals surface area contributed by atoms with Crippen LogP contribution in [0.2, 0.25) is 0 Å². The van der Waals surface area contributed by atoms with E-state index in [1.165, 1.54) is 11.1 Å². The van der Waals surface area contributed by atoms with Crippen molar-refractivity contribution < 1.29 is 9.90 Å². The first-order valence-corrected chi connectivity index (χ1v) is 6.75. The highest BCUT2D eigenvalue weighted by Gasteiger charge is 2.03. The van der Waals surface area contributed by atoms with E-state index < -0.39 is 0 Å². The quantitative estimate of drug-likeness (QED) is 0.503. The molecule has 2 aromatic carbocycles.